The summed E-state index contributed by atoms with van der Waals surface area (Å²) < 4.78 is 10.9. The summed E-state index contributed by atoms with van der Waals surface area (Å²) in [6, 6.07) is 6.89. The highest BCUT2D eigenvalue weighted by molar-refractivity contribution is 5.50. The van der Waals surface area contributed by atoms with Gasteiger partial charge in [0.1, 0.15) is 23.6 Å². The number of anilines is 1. The smallest absolute Gasteiger partial charge is 0.135 e. The summed E-state index contributed by atoms with van der Waals surface area (Å²) in [5.41, 5.74) is 3.69. The summed E-state index contributed by atoms with van der Waals surface area (Å²) in [7, 11) is 3.40. The van der Waals surface area contributed by atoms with Gasteiger partial charge in [0.15, 0.2) is 0 Å². The van der Waals surface area contributed by atoms with Crippen LogP contribution in [0.2, 0.25) is 0 Å². The Kier molecular flexibility index (Phi) is 5.96. The highest BCUT2D eigenvalue weighted by Crippen LogP contribution is 2.31. The molecule has 5 rings (SSSR count). The number of hydrogen-bond acceptors (Lipinski definition) is 7. The normalized spacial score (nSPS) is 20.3. The molecule has 1 aromatic heterocycles. The lowest BCUT2D eigenvalue weighted by Gasteiger charge is -2.43. The van der Waals surface area contributed by atoms with Crippen LogP contribution in [0.25, 0.3) is 0 Å². The maximum absolute atomic E-state index is 5.59. The molecule has 31 heavy (non-hydrogen) atoms. The SMILES string of the molecule is COc1ccc(CN2CCc3c(ncnc3N3CCN(C4CCC4)CC3)C2)c(OC)c1. The van der Waals surface area contributed by atoms with Gasteiger partial charge in [0.25, 0.3) is 0 Å². The van der Waals surface area contributed by atoms with Crippen LogP contribution in [-0.2, 0) is 19.5 Å². The van der Waals surface area contributed by atoms with Crippen molar-refractivity contribution in [3.8, 4) is 11.5 Å². The summed E-state index contributed by atoms with van der Waals surface area (Å²) in [6.07, 6.45) is 6.93. The Balaban J connectivity index is 1.26. The van der Waals surface area contributed by atoms with Crippen LogP contribution in [0.4, 0.5) is 5.82 Å². The van der Waals surface area contributed by atoms with Crippen molar-refractivity contribution in [1.29, 1.82) is 0 Å². The molecule has 0 bridgehead atoms. The minimum Gasteiger partial charge on any atom is -0.497 e. The summed E-state index contributed by atoms with van der Waals surface area (Å²) in [4.78, 5) is 17.0. The van der Waals surface area contributed by atoms with Gasteiger partial charge >= 0.3 is 0 Å². The molecule has 1 saturated carbocycles. The van der Waals surface area contributed by atoms with E-state index in [0.29, 0.717) is 0 Å². The molecule has 2 aliphatic heterocycles. The van der Waals surface area contributed by atoms with Gasteiger partial charge in [-0.1, -0.05) is 12.5 Å². The summed E-state index contributed by atoms with van der Waals surface area (Å²) in [5.74, 6) is 2.86. The first-order valence-corrected chi connectivity index (χ1v) is 11.5. The molecule has 7 heteroatoms. The second-order valence-electron chi connectivity index (χ2n) is 8.87. The zero-order chi connectivity index (χ0) is 21.2. The van der Waals surface area contributed by atoms with Crippen LogP contribution in [0.1, 0.15) is 36.1 Å². The molecule has 0 N–H and O–H groups in total. The van der Waals surface area contributed by atoms with E-state index in [-0.39, 0.29) is 0 Å². The van der Waals surface area contributed by atoms with E-state index >= 15 is 0 Å². The number of hydrogen-bond donors (Lipinski definition) is 0. The number of fused-ring (bicyclic) bond motifs is 1. The molecular formula is C24H33N5O2. The molecule has 2 fully saturated rings. The van der Waals surface area contributed by atoms with Gasteiger partial charge in [-0.05, 0) is 25.3 Å². The topological polar surface area (TPSA) is 54.0 Å². The number of aromatic nitrogens is 2. The van der Waals surface area contributed by atoms with Crippen LogP contribution >= 0.6 is 0 Å². The molecular weight excluding hydrogens is 390 g/mol. The Labute approximate surface area is 185 Å². The van der Waals surface area contributed by atoms with Crippen molar-refractivity contribution < 1.29 is 9.47 Å². The highest BCUT2D eigenvalue weighted by atomic mass is 16.5. The maximum atomic E-state index is 5.59. The van der Waals surface area contributed by atoms with E-state index in [4.69, 9.17) is 14.5 Å². The molecule has 1 saturated heterocycles. The van der Waals surface area contributed by atoms with Gasteiger partial charge in [0, 0.05) is 69.0 Å². The average Bonchev–Trinajstić information content (AvgIpc) is 2.78. The predicted molar refractivity (Wildman–Crippen MR) is 121 cm³/mol. The van der Waals surface area contributed by atoms with E-state index in [9.17, 15) is 0 Å². The minimum absolute atomic E-state index is 0.819. The Morgan fingerprint density at radius 3 is 2.55 bits per heavy atom. The summed E-state index contributed by atoms with van der Waals surface area (Å²) in [6.45, 7) is 7.16. The Morgan fingerprint density at radius 1 is 1.00 bits per heavy atom. The van der Waals surface area contributed by atoms with Gasteiger partial charge in [0.2, 0.25) is 0 Å². The third-order valence-corrected chi connectivity index (χ3v) is 7.16. The second kappa shape index (κ2) is 9.01. The van der Waals surface area contributed by atoms with E-state index in [0.717, 1.165) is 69.8 Å². The minimum atomic E-state index is 0.819. The molecule has 7 nitrogen and oxygen atoms in total. The Morgan fingerprint density at radius 2 is 1.84 bits per heavy atom. The first kappa shape index (κ1) is 20.5. The molecule has 2 aromatic rings. The Hall–Kier alpha value is -2.38. The average molecular weight is 424 g/mol. The fraction of sp³-hybridized carbons (Fsp3) is 0.583. The van der Waals surface area contributed by atoms with E-state index in [1.54, 1.807) is 20.5 Å². The number of methoxy groups -OCH3 is 2. The van der Waals surface area contributed by atoms with Crippen molar-refractivity contribution in [2.45, 2.75) is 44.8 Å². The third-order valence-electron chi connectivity index (χ3n) is 7.16. The number of ether oxygens (including phenoxy) is 2. The zero-order valence-electron chi connectivity index (χ0n) is 18.7. The van der Waals surface area contributed by atoms with Crippen LogP contribution in [0.3, 0.4) is 0 Å². The van der Waals surface area contributed by atoms with Crippen molar-refractivity contribution in [3.05, 3.63) is 41.3 Å². The molecule has 0 amide bonds. The largest absolute Gasteiger partial charge is 0.497 e. The molecule has 3 heterocycles. The molecule has 166 valence electrons. The molecule has 0 spiro atoms. The summed E-state index contributed by atoms with van der Waals surface area (Å²) >= 11 is 0. The van der Waals surface area contributed by atoms with Crippen LogP contribution in [-0.4, -0.2) is 72.8 Å². The van der Waals surface area contributed by atoms with Gasteiger partial charge < -0.3 is 14.4 Å². The standard InChI is InChI=1S/C24H33N5O2/c1-30-20-7-6-18(23(14-20)31-2)15-27-9-8-21-22(16-27)25-17-26-24(21)29-12-10-28(11-13-29)19-4-3-5-19/h6-7,14,17,19H,3-5,8-13,15-16H2,1-2H3. The van der Waals surface area contributed by atoms with Crippen molar-refractivity contribution in [1.82, 2.24) is 19.8 Å². The van der Waals surface area contributed by atoms with Crippen LogP contribution in [0.15, 0.2) is 24.5 Å². The van der Waals surface area contributed by atoms with E-state index in [2.05, 4.69) is 25.8 Å². The predicted octanol–water partition coefficient (Wildman–Crippen LogP) is 2.73. The zero-order valence-corrected chi connectivity index (χ0v) is 18.7. The quantitative estimate of drug-likeness (QED) is 0.708. The van der Waals surface area contributed by atoms with Gasteiger partial charge in [-0.25, -0.2) is 9.97 Å². The van der Waals surface area contributed by atoms with E-state index in [1.165, 1.54) is 41.9 Å². The van der Waals surface area contributed by atoms with Crippen molar-refractivity contribution in [2.24, 2.45) is 0 Å². The second-order valence-corrected chi connectivity index (χ2v) is 8.87. The maximum Gasteiger partial charge on any atom is 0.135 e. The van der Waals surface area contributed by atoms with Crippen LogP contribution < -0.4 is 14.4 Å². The lowest BCUT2D eigenvalue weighted by molar-refractivity contribution is 0.120. The Bertz CT molecular complexity index is 909. The monoisotopic (exact) mass is 423 g/mol. The molecule has 1 aromatic carbocycles. The van der Waals surface area contributed by atoms with Crippen molar-refractivity contribution in [2.75, 3.05) is 51.8 Å². The number of nitrogens with zero attached hydrogens (tertiary/aromatic N) is 5. The van der Waals surface area contributed by atoms with Gasteiger partial charge in [-0.2, -0.15) is 0 Å². The van der Waals surface area contributed by atoms with Gasteiger partial charge in [0.05, 0.1) is 19.9 Å². The van der Waals surface area contributed by atoms with Crippen LogP contribution in [0, 0.1) is 0 Å². The molecule has 0 radical (unpaired) electrons. The van der Waals surface area contributed by atoms with Crippen molar-refractivity contribution >= 4 is 5.82 Å². The molecule has 0 unspecified atom stereocenters. The molecule has 3 aliphatic rings. The fourth-order valence-electron chi connectivity index (χ4n) is 5.07. The molecule has 1 aliphatic carbocycles. The third kappa shape index (κ3) is 4.21. The number of rotatable bonds is 6. The van der Waals surface area contributed by atoms with Crippen LogP contribution in [0.5, 0.6) is 11.5 Å². The lowest BCUT2D eigenvalue weighted by Crippen LogP contribution is -2.52. The first-order valence-electron chi connectivity index (χ1n) is 11.5. The van der Waals surface area contributed by atoms with E-state index < -0.39 is 0 Å². The number of piperazine rings is 1. The fourth-order valence-corrected chi connectivity index (χ4v) is 5.07. The van der Waals surface area contributed by atoms with Crippen molar-refractivity contribution in [3.63, 3.8) is 0 Å². The highest BCUT2D eigenvalue weighted by Gasteiger charge is 2.30. The molecule has 0 atom stereocenters. The lowest BCUT2D eigenvalue weighted by atomic mass is 9.91. The number of benzene rings is 1. The first-order chi connectivity index (χ1) is 15.2. The van der Waals surface area contributed by atoms with Gasteiger partial charge in [-0.3, -0.25) is 9.80 Å². The van der Waals surface area contributed by atoms with E-state index in [1.807, 2.05) is 12.1 Å². The summed E-state index contributed by atoms with van der Waals surface area (Å²) in [5, 5.41) is 0. The van der Waals surface area contributed by atoms with Gasteiger partial charge in [-0.15, -0.1) is 0 Å².